The summed E-state index contributed by atoms with van der Waals surface area (Å²) in [4.78, 5) is 0. The molecule has 0 aromatic heterocycles. The number of aliphatic hydroxyl groups is 6. The molecule has 0 heterocycles. The van der Waals surface area contributed by atoms with Crippen LogP contribution in [0.2, 0.25) is 0 Å². The highest BCUT2D eigenvalue weighted by molar-refractivity contribution is 6.36. The molecule has 0 bridgehead atoms. The van der Waals surface area contributed by atoms with Crippen molar-refractivity contribution in [1.82, 2.24) is 0 Å². The Morgan fingerprint density at radius 3 is 0.694 bits per heavy atom. The van der Waals surface area contributed by atoms with Crippen LogP contribution in [0.4, 0.5) is 0 Å². The topological polar surface area (TPSA) is 182 Å². The maximum Gasteiger partial charge on any atom is 0.116 e. The largest absolute Gasteiger partial charge is 0.508 e. The molecule has 22 aromatic carbocycles. The summed E-state index contributed by atoms with van der Waals surface area (Å²) in [5, 5.41) is 137. The summed E-state index contributed by atoms with van der Waals surface area (Å²) in [6.07, 6.45) is -6.68. The summed E-state index contributed by atoms with van der Waals surface area (Å²) in [6.45, 7) is 0. The molecule has 0 saturated heterocycles. The number of hydrogen-bond donors (Lipinski definition) is 9. The number of aliphatic hydroxyl groups excluding tert-OH is 6. The van der Waals surface area contributed by atoms with Crippen molar-refractivity contribution < 1.29 is 46.0 Å². The number of phenols is 3. The fourth-order valence-corrected chi connectivity index (χ4v) is 18.9. The predicted octanol–water partition coefficient (Wildman–Crippen LogP) is 22.9. The van der Waals surface area contributed by atoms with Gasteiger partial charge in [0.05, 0.1) is 0 Å². The fourth-order valence-electron chi connectivity index (χ4n) is 18.9. The number of hydrogen-bond acceptors (Lipinski definition) is 9. The average Bonchev–Trinajstić information content (AvgIpc) is 0.721. The Morgan fingerprint density at radius 1 is 0.144 bits per heavy atom. The number of fused-ring (bicyclic) bond motifs is 9. The molecule has 0 aliphatic heterocycles. The molecule has 0 fully saturated rings. The first-order chi connectivity index (χ1) is 54.2. The average molecular weight is 1440 g/mol. The van der Waals surface area contributed by atoms with Gasteiger partial charge in [-0.05, 0) is 362 Å². The molecule has 6 atom stereocenters. The molecule has 9 heteroatoms. The van der Waals surface area contributed by atoms with Crippen LogP contribution in [0.3, 0.4) is 0 Å². The molecule has 22 aromatic rings. The van der Waals surface area contributed by atoms with Crippen LogP contribution in [0, 0.1) is 0 Å². The minimum atomic E-state index is -1.28. The van der Waals surface area contributed by atoms with E-state index in [1.54, 1.807) is 36.4 Å². The summed E-state index contributed by atoms with van der Waals surface area (Å²) >= 11 is 0. The maximum atomic E-state index is 13.6. The smallest absolute Gasteiger partial charge is 0.116 e. The molecular formula is C102H66O9. The van der Waals surface area contributed by atoms with Crippen molar-refractivity contribution in [2.24, 2.45) is 0 Å². The van der Waals surface area contributed by atoms with Gasteiger partial charge in [0.1, 0.15) is 53.9 Å². The minimum Gasteiger partial charge on any atom is -0.508 e. The Hall–Kier alpha value is -13.3. The molecule has 0 saturated carbocycles. The first-order valence-corrected chi connectivity index (χ1v) is 37.5. The van der Waals surface area contributed by atoms with Crippen LogP contribution in [-0.4, -0.2) is 46.0 Å². The van der Waals surface area contributed by atoms with Gasteiger partial charge in [0.25, 0.3) is 0 Å². The first-order valence-electron chi connectivity index (χ1n) is 37.5. The van der Waals surface area contributed by atoms with Crippen molar-refractivity contribution in [1.29, 1.82) is 0 Å². The zero-order valence-electron chi connectivity index (χ0n) is 59.4. The SMILES string of the molecule is Oc1ccc2cc(C(O)c3cc4cccc5c6cc(C(O)c7cc(C(O)c8cc9cccc%10c%11cc(C(O)c%12ccc%13cc(O)ccc%13c%12)cc%12cccc(c(c8)c9%10)c%12%11)cc(C(O)c8ccc9c%10cccc%11cc(C(O)c%12ccc%13cc(O)ccc%13c%12)cc(c%12cccc8c9%12)c%11%10)c7)cc7cccc(c(c3)c45)c76)ccc2c1. The Morgan fingerprint density at radius 2 is 0.369 bits per heavy atom. The Kier molecular flexibility index (Phi) is 14.2. The predicted molar refractivity (Wildman–Crippen MR) is 451 cm³/mol. The van der Waals surface area contributed by atoms with Crippen LogP contribution in [-0.2, 0) is 0 Å². The number of aromatic hydroxyl groups is 3. The minimum absolute atomic E-state index is 0.176. The van der Waals surface area contributed by atoms with Gasteiger partial charge in [-0.25, -0.2) is 0 Å². The fraction of sp³-hybridized carbons (Fsp3) is 0.0588. The highest BCUT2D eigenvalue weighted by atomic mass is 16.3. The van der Waals surface area contributed by atoms with E-state index in [1.165, 1.54) is 0 Å². The molecule has 0 amide bonds. The summed E-state index contributed by atoms with van der Waals surface area (Å²) in [5.74, 6) is 0.539. The van der Waals surface area contributed by atoms with Crippen molar-refractivity contribution in [2.45, 2.75) is 36.6 Å². The van der Waals surface area contributed by atoms with Crippen LogP contribution in [0.15, 0.2) is 309 Å². The molecule has 111 heavy (non-hydrogen) atoms. The maximum absolute atomic E-state index is 13.6. The van der Waals surface area contributed by atoms with E-state index in [0.717, 1.165) is 195 Å². The summed E-state index contributed by atoms with van der Waals surface area (Å²) in [6, 6.07) is 101. The molecule has 528 valence electrons. The number of rotatable bonds is 12. The molecule has 6 unspecified atom stereocenters. The van der Waals surface area contributed by atoms with E-state index in [4.69, 9.17) is 0 Å². The molecule has 0 aliphatic rings. The summed E-state index contributed by atoms with van der Waals surface area (Å²) in [7, 11) is 0. The van der Waals surface area contributed by atoms with E-state index in [9.17, 15) is 46.0 Å². The van der Waals surface area contributed by atoms with Gasteiger partial charge in [0.2, 0.25) is 0 Å². The van der Waals surface area contributed by atoms with E-state index >= 15 is 0 Å². The second-order valence-corrected chi connectivity index (χ2v) is 30.5. The van der Waals surface area contributed by atoms with Crippen LogP contribution in [0.5, 0.6) is 17.2 Å². The van der Waals surface area contributed by atoms with E-state index in [2.05, 4.69) is 127 Å². The Balaban J connectivity index is 0.695. The van der Waals surface area contributed by atoms with Crippen LogP contribution < -0.4 is 0 Å². The Bertz CT molecular complexity index is 7410. The van der Waals surface area contributed by atoms with Crippen LogP contribution >= 0.6 is 0 Å². The molecule has 9 N–H and O–H groups in total. The quantitative estimate of drug-likeness (QED) is 0.0425. The van der Waals surface area contributed by atoms with Gasteiger partial charge in [0, 0.05) is 0 Å². The van der Waals surface area contributed by atoms with Gasteiger partial charge in [-0.3, -0.25) is 0 Å². The van der Waals surface area contributed by atoms with Gasteiger partial charge < -0.3 is 46.0 Å². The monoisotopic (exact) mass is 1430 g/mol. The lowest BCUT2D eigenvalue weighted by molar-refractivity contribution is 0.207. The first kappa shape index (κ1) is 64.8. The van der Waals surface area contributed by atoms with E-state index < -0.39 is 36.6 Å². The normalized spacial score (nSPS) is 14.1. The van der Waals surface area contributed by atoms with Gasteiger partial charge in [0.15, 0.2) is 0 Å². The third-order valence-electron chi connectivity index (χ3n) is 24.1. The lowest BCUT2D eigenvalue weighted by Gasteiger charge is -2.24. The van der Waals surface area contributed by atoms with Crippen molar-refractivity contribution in [3.05, 3.63) is 376 Å². The molecule has 9 nitrogen and oxygen atoms in total. The zero-order valence-corrected chi connectivity index (χ0v) is 59.4. The highest BCUT2D eigenvalue weighted by Crippen LogP contribution is 2.50. The van der Waals surface area contributed by atoms with Gasteiger partial charge in [-0.1, -0.05) is 176 Å². The van der Waals surface area contributed by atoms with Gasteiger partial charge in [-0.2, -0.15) is 0 Å². The molecule has 0 aliphatic carbocycles. The third kappa shape index (κ3) is 10.0. The highest BCUT2D eigenvalue weighted by Gasteiger charge is 2.28. The van der Waals surface area contributed by atoms with Crippen molar-refractivity contribution in [3.8, 4) is 17.2 Å². The lowest BCUT2D eigenvalue weighted by Crippen LogP contribution is -2.09. The van der Waals surface area contributed by atoms with Crippen molar-refractivity contribution in [3.63, 3.8) is 0 Å². The third-order valence-corrected chi connectivity index (χ3v) is 24.1. The second-order valence-electron chi connectivity index (χ2n) is 30.5. The molecule has 22 rings (SSSR count). The van der Waals surface area contributed by atoms with Crippen LogP contribution in [0.25, 0.3) is 162 Å². The standard InChI is InChI=1S/C102H66O9/c103-74-28-25-52-33-63(22-19-55(52)44-74)97(106)69-37-59-8-2-15-81-88-50-72(39-61-10-4-13-79(94(61)88)86(47-69)92(59)81)100(109)66-41-67(101(110)73-40-62-11-5-14-80-87-48-70(38-60-9-3-16-82(93(60)87)89(51-73)95(62)80)98(107)64-23-20-56-45-75(104)29-26-53(56)34-64)43-68(42-66)102(111)85-32-31-84-77-12-1-7-58-36-71(49-90(91(58)77)83-18-6-17-78(85)96(83)84)99(108)65-24-21-57-46-76(105)30-27-54(57)35-65/h1-51,97-111H. The lowest BCUT2D eigenvalue weighted by atomic mass is 9.83. The van der Waals surface area contributed by atoms with E-state index in [-0.39, 0.29) is 17.2 Å². The Labute approximate surface area is 633 Å². The second kappa shape index (κ2) is 24.3. The van der Waals surface area contributed by atoms with Crippen LogP contribution in [0.1, 0.15) is 103 Å². The molecular weight excluding hydrogens is 1370 g/mol. The van der Waals surface area contributed by atoms with E-state index in [0.29, 0.717) is 33.4 Å². The van der Waals surface area contributed by atoms with Crippen molar-refractivity contribution >= 4 is 162 Å². The molecule has 0 spiro atoms. The summed E-state index contributed by atoms with van der Waals surface area (Å²) < 4.78 is 0. The van der Waals surface area contributed by atoms with E-state index in [1.807, 2.05) is 146 Å². The van der Waals surface area contributed by atoms with Gasteiger partial charge in [-0.15, -0.1) is 0 Å². The number of phenolic OH excluding ortho intramolecular Hbond substituents is 3. The molecule has 0 radical (unpaired) electrons. The van der Waals surface area contributed by atoms with Crippen molar-refractivity contribution in [2.75, 3.05) is 0 Å². The number of benzene rings is 22. The van der Waals surface area contributed by atoms with Gasteiger partial charge >= 0.3 is 0 Å². The summed E-state index contributed by atoms with van der Waals surface area (Å²) in [5.41, 5.74) is 7.64. The zero-order chi connectivity index (χ0) is 74.5.